The van der Waals surface area contributed by atoms with Crippen LogP contribution in [0.4, 0.5) is 11.4 Å². The Morgan fingerprint density at radius 3 is 2.22 bits per heavy atom. The van der Waals surface area contributed by atoms with Crippen LogP contribution < -0.4 is 30.3 Å². The van der Waals surface area contributed by atoms with E-state index in [9.17, 15) is 14.4 Å². The number of nitrogens with zero attached hydrogens (tertiary/aromatic N) is 1. The summed E-state index contributed by atoms with van der Waals surface area (Å²) in [5.41, 5.74) is 4.14. The fraction of sp³-hybridized carbons (Fsp3) is 0.273. The molecule has 3 amide bonds. The lowest BCUT2D eigenvalue weighted by molar-refractivity contribution is -0.136. The largest absolute Gasteiger partial charge is 0.497 e. The highest BCUT2D eigenvalue weighted by Crippen LogP contribution is 2.29. The Balaban J connectivity index is 1.93. The van der Waals surface area contributed by atoms with Crippen LogP contribution in [0.3, 0.4) is 0 Å². The minimum Gasteiger partial charge on any atom is -0.497 e. The van der Waals surface area contributed by atoms with Gasteiger partial charge in [0.05, 0.1) is 39.1 Å². The minimum absolute atomic E-state index is 0.108. The molecular formula is C22H26N4O6. The van der Waals surface area contributed by atoms with Crippen LogP contribution in [0.1, 0.15) is 18.9 Å². The van der Waals surface area contributed by atoms with Crippen molar-refractivity contribution in [2.45, 2.75) is 20.3 Å². The molecule has 0 saturated heterocycles. The van der Waals surface area contributed by atoms with E-state index in [1.54, 1.807) is 37.3 Å². The van der Waals surface area contributed by atoms with Crippen LogP contribution in [-0.4, -0.2) is 44.8 Å². The predicted molar refractivity (Wildman–Crippen MR) is 120 cm³/mol. The van der Waals surface area contributed by atoms with Gasteiger partial charge in [-0.05, 0) is 43.7 Å². The Bertz CT molecular complexity index is 1040. The maximum absolute atomic E-state index is 12.3. The molecule has 170 valence electrons. The van der Waals surface area contributed by atoms with Gasteiger partial charge in [-0.2, -0.15) is 5.10 Å². The molecule has 0 spiro atoms. The average molecular weight is 442 g/mol. The summed E-state index contributed by atoms with van der Waals surface area (Å²) in [6, 6.07) is 10.1. The van der Waals surface area contributed by atoms with Gasteiger partial charge in [-0.15, -0.1) is 0 Å². The predicted octanol–water partition coefficient (Wildman–Crippen LogP) is 2.48. The number of methoxy groups -OCH3 is 3. The molecule has 0 bridgehead atoms. The highest BCUT2D eigenvalue weighted by atomic mass is 16.5. The molecule has 0 unspecified atom stereocenters. The van der Waals surface area contributed by atoms with Crippen LogP contribution in [0, 0.1) is 6.92 Å². The van der Waals surface area contributed by atoms with E-state index in [2.05, 4.69) is 21.2 Å². The highest BCUT2D eigenvalue weighted by molar-refractivity contribution is 6.39. The third kappa shape index (κ3) is 6.73. The fourth-order valence-corrected chi connectivity index (χ4v) is 2.66. The van der Waals surface area contributed by atoms with Crippen LogP contribution in [-0.2, 0) is 14.4 Å². The molecular weight excluding hydrogens is 416 g/mol. The first kappa shape index (κ1) is 24.2. The molecule has 2 aromatic carbocycles. The van der Waals surface area contributed by atoms with E-state index in [4.69, 9.17) is 14.2 Å². The molecule has 10 heteroatoms. The standard InChI is InChI=1S/C22H26N4O6/c1-13-6-9-18(31-4)17(10-13)24-21(28)22(29)26-25-14(2)11-20(27)23-16-8-7-15(30-3)12-19(16)32-5/h6-10,12H,11H2,1-5H3,(H,23,27)(H,24,28)(H,26,29)/b25-14-. The van der Waals surface area contributed by atoms with Gasteiger partial charge in [0.25, 0.3) is 0 Å². The molecule has 0 aromatic heterocycles. The number of anilines is 2. The van der Waals surface area contributed by atoms with Crippen molar-refractivity contribution in [1.82, 2.24) is 5.43 Å². The third-order valence-corrected chi connectivity index (χ3v) is 4.26. The lowest BCUT2D eigenvalue weighted by atomic mass is 10.2. The summed E-state index contributed by atoms with van der Waals surface area (Å²) in [7, 11) is 4.46. The van der Waals surface area contributed by atoms with Crippen LogP contribution in [0.2, 0.25) is 0 Å². The number of amides is 3. The Kier molecular flexibility index (Phi) is 8.58. The van der Waals surface area contributed by atoms with Crippen molar-refractivity contribution in [3.8, 4) is 17.2 Å². The molecule has 0 atom stereocenters. The first-order valence-corrected chi connectivity index (χ1v) is 9.58. The number of carbonyl (C=O) groups is 3. The Hall–Kier alpha value is -4.08. The van der Waals surface area contributed by atoms with Crippen LogP contribution in [0.25, 0.3) is 0 Å². The van der Waals surface area contributed by atoms with E-state index in [-0.39, 0.29) is 12.3 Å². The van der Waals surface area contributed by atoms with Crippen LogP contribution >= 0.6 is 0 Å². The number of hydrazone groups is 1. The summed E-state index contributed by atoms with van der Waals surface area (Å²) in [5.74, 6) is -0.839. The SMILES string of the molecule is COc1ccc(NC(=O)C/C(C)=N\NC(=O)C(=O)Nc2cc(C)ccc2OC)c(OC)c1. The van der Waals surface area contributed by atoms with E-state index < -0.39 is 11.8 Å². The minimum atomic E-state index is -0.981. The molecule has 3 N–H and O–H groups in total. The number of hydrogen-bond donors (Lipinski definition) is 3. The van der Waals surface area contributed by atoms with E-state index in [0.717, 1.165) is 5.56 Å². The zero-order chi connectivity index (χ0) is 23.7. The summed E-state index contributed by atoms with van der Waals surface area (Å²) in [6.07, 6.45) is -0.108. The number of carbonyl (C=O) groups excluding carboxylic acids is 3. The van der Waals surface area contributed by atoms with Crippen molar-refractivity contribution in [1.29, 1.82) is 0 Å². The molecule has 10 nitrogen and oxygen atoms in total. The van der Waals surface area contributed by atoms with Gasteiger partial charge in [0.15, 0.2) is 0 Å². The molecule has 32 heavy (non-hydrogen) atoms. The van der Waals surface area contributed by atoms with Gasteiger partial charge >= 0.3 is 11.8 Å². The topological polar surface area (TPSA) is 127 Å². The quantitative estimate of drug-likeness (QED) is 0.327. The normalized spacial score (nSPS) is 10.7. The van der Waals surface area contributed by atoms with Crippen molar-refractivity contribution < 1.29 is 28.6 Å². The zero-order valence-electron chi connectivity index (χ0n) is 18.6. The molecule has 0 aliphatic rings. The number of nitrogens with one attached hydrogen (secondary N) is 3. The van der Waals surface area contributed by atoms with Gasteiger partial charge in [-0.25, -0.2) is 5.43 Å². The zero-order valence-corrected chi connectivity index (χ0v) is 18.6. The number of ether oxygens (including phenoxy) is 3. The summed E-state index contributed by atoms with van der Waals surface area (Å²) >= 11 is 0. The van der Waals surface area contributed by atoms with E-state index in [1.165, 1.54) is 21.3 Å². The summed E-state index contributed by atoms with van der Waals surface area (Å²) in [6.45, 7) is 3.39. The Morgan fingerprint density at radius 1 is 0.844 bits per heavy atom. The average Bonchev–Trinajstić information content (AvgIpc) is 2.77. The lowest BCUT2D eigenvalue weighted by Crippen LogP contribution is -2.33. The van der Waals surface area contributed by atoms with Crippen molar-refractivity contribution in [2.24, 2.45) is 5.10 Å². The molecule has 0 radical (unpaired) electrons. The van der Waals surface area contributed by atoms with Gasteiger partial charge in [-0.3, -0.25) is 14.4 Å². The maximum Gasteiger partial charge on any atom is 0.329 e. The van der Waals surface area contributed by atoms with Crippen molar-refractivity contribution in [3.05, 3.63) is 42.0 Å². The second-order valence-electron chi connectivity index (χ2n) is 6.74. The van der Waals surface area contributed by atoms with Gasteiger partial charge in [0.1, 0.15) is 17.2 Å². The summed E-state index contributed by atoms with van der Waals surface area (Å²) < 4.78 is 15.5. The number of benzene rings is 2. The Morgan fingerprint density at radius 2 is 1.56 bits per heavy atom. The number of hydrogen-bond acceptors (Lipinski definition) is 7. The summed E-state index contributed by atoms with van der Waals surface area (Å²) in [4.78, 5) is 36.5. The molecule has 2 aromatic rings. The molecule has 0 aliphatic heterocycles. The van der Waals surface area contributed by atoms with Crippen LogP contribution in [0.5, 0.6) is 17.2 Å². The monoisotopic (exact) mass is 442 g/mol. The van der Waals surface area contributed by atoms with Gasteiger partial charge < -0.3 is 24.8 Å². The number of aryl methyl sites for hydroxylation is 1. The van der Waals surface area contributed by atoms with E-state index in [0.29, 0.717) is 34.3 Å². The molecule has 0 heterocycles. The van der Waals surface area contributed by atoms with Gasteiger partial charge in [0, 0.05) is 11.8 Å². The lowest BCUT2D eigenvalue weighted by Gasteiger charge is -2.12. The molecule has 0 saturated carbocycles. The first-order valence-electron chi connectivity index (χ1n) is 9.58. The smallest absolute Gasteiger partial charge is 0.329 e. The van der Waals surface area contributed by atoms with Crippen molar-refractivity contribution in [2.75, 3.05) is 32.0 Å². The second-order valence-corrected chi connectivity index (χ2v) is 6.74. The van der Waals surface area contributed by atoms with Crippen molar-refractivity contribution >= 4 is 34.8 Å². The second kappa shape index (κ2) is 11.3. The number of rotatable bonds is 8. The maximum atomic E-state index is 12.3. The van der Waals surface area contributed by atoms with E-state index in [1.807, 2.05) is 13.0 Å². The fourth-order valence-electron chi connectivity index (χ4n) is 2.66. The molecule has 0 aliphatic carbocycles. The summed E-state index contributed by atoms with van der Waals surface area (Å²) in [5, 5.41) is 8.98. The molecule has 0 fully saturated rings. The highest BCUT2D eigenvalue weighted by Gasteiger charge is 2.16. The molecule has 2 rings (SSSR count). The third-order valence-electron chi connectivity index (χ3n) is 4.26. The Labute approximate surface area is 185 Å². The van der Waals surface area contributed by atoms with Crippen LogP contribution in [0.15, 0.2) is 41.5 Å². The van der Waals surface area contributed by atoms with E-state index >= 15 is 0 Å². The first-order chi connectivity index (χ1) is 15.3. The van der Waals surface area contributed by atoms with Gasteiger partial charge in [-0.1, -0.05) is 6.07 Å². The van der Waals surface area contributed by atoms with Gasteiger partial charge in [0.2, 0.25) is 5.91 Å². The van der Waals surface area contributed by atoms with Crippen molar-refractivity contribution in [3.63, 3.8) is 0 Å².